The summed E-state index contributed by atoms with van der Waals surface area (Å²) in [4.78, 5) is 16.6. The smallest absolute Gasteiger partial charge is 0.251 e. The van der Waals surface area contributed by atoms with Gasteiger partial charge in [-0.3, -0.25) is 4.79 Å². The molecule has 0 radical (unpaired) electrons. The second-order valence-electron chi connectivity index (χ2n) is 3.37. The molecule has 1 amide bonds. The average molecular weight is 227 g/mol. The topological polar surface area (TPSA) is 108 Å². The largest absolute Gasteiger partial charge is 0.366 e. The van der Waals surface area contributed by atoms with Crippen LogP contribution in [0.4, 0.5) is 0 Å². The van der Waals surface area contributed by atoms with Gasteiger partial charge in [0.1, 0.15) is 5.70 Å². The fourth-order valence-electron chi connectivity index (χ4n) is 1.56. The van der Waals surface area contributed by atoms with E-state index in [0.717, 1.165) is 16.5 Å². The van der Waals surface area contributed by atoms with Gasteiger partial charge in [0.05, 0.1) is 0 Å². The number of rotatable bonds is 3. The molecule has 1 aromatic heterocycles. The summed E-state index contributed by atoms with van der Waals surface area (Å²) in [6.45, 7) is 0. The van der Waals surface area contributed by atoms with Crippen LogP contribution < -0.4 is 5.73 Å². The summed E-state index contributed by atoms with van der Waals surface area (Å²) in [6.07, 6.45) is 3.18. The Morgan fingerprint density at radius 3 is 2.94 bits per heavy atom. The number of aromatic nitrogens is 1. The highest BCUT2D eigenvalue weighted by atomic mass is 16.1. The van der Waals surface area contributed by atoms with Gasteiger partial charge in [0.2, 0.25) is 0 Å². The Hall–Kier alpha value is -2.72. The molecule has 3 N–H and O–H groups in total. The molecule has 0 bridgehead atoms. The van der Waals surface area contributed by atoms with Crippen LogP contribution in [-0.2, 0) is 4.79 Å². The second kappa shape index (κ2) is 4.42. The van der Waals surface area contributed by atoms with Crippen LogP contribution in [0.15, 0.2) is 41.3 Å². The number of nitrogens with zero attached hydrogens (tertiary/aromatic N) is 3. The Morgan fingerprint density at radius 2 is 2.24 bits per heavy atom. The summed E-state index contributed by atoms with van der Waals surface area (Å²) >= 11 is 0. The lowest BCUT2D eigenvalue weighted by Gasteiger charge is -1.94. The monoisotopic (exact) mass is 227 g/mol. The van der Waals surface area contributed by atoms with E-state index in [-0.39, 0.29) is 5.70 Å². The Balaban J connectivity index is 2.57. The Morgan fingerprint density at radius 1 is 1.47 bits per heavy atom. The summed E-state index contributed by atoms with van der Waals surface area (Å²) in [5, 5.41) is 4.19. The number of fused-ring (bicyclic) bond motifs is 1. The van der Waals surface area contributed by atoms with Gasteiger partial charge in [-0.1, -0.05) is 23.3 Å². The molecular formula is C11H9N5O. The van der Waals surface area contributed by atoms with Gasteiger partial charge in [-0.05, 0) is 17.7 Å². The fourth-order valence-corrected chi connectivity index (χ4v) is 1.56. The molecule has 17 heavy (non-hydrogen) atoms. The Labute approximate surface area is 96.4 Å². The first-order valence-corrected chi connectivity index (χ1v) is 4.85. The van der Waals surface area contributed by atoms with Crippen molar-refractivity contribution in [3.8, 4) is 0 Å². The van der Waals surface area contributed by atoms with Crippen molar-refractivity contribution in [3.05, 3.63) is 52.2 Å². The zero-order valence-electron chi connectivity index (χ0n) is 8.79. The Bertz CT molecular complexity index is 645. The first-order valence-electron chi connectivity index (χ1n) is 4.85. The highest BCUT2D eigenvalue weighted by molar-refractivity contribution is 5.99. The Kier molecular flexibility index (Phi) is 2.81. The molecule has 0 aliphatic heterocycles. The van der Waals surface area contributed by atoms with E-state index in [9.17, 15) is 4.79 Å². The van der Waals surface area contributed by atoms with Crippen molar-refractivity contribution in [1.29, 1.82) is 0 Å². The van der Waals surface area contributed by atoms with Gasteiger partial charge in [-0.2, -0.15) is 0 Å². The van der Waals surface area contributed by atoms with Crippen LogP contribution in [0.3, 0.4) is 0 Å². The van der Waals surface area contributed by atoms with Gasteiger partial charge in [-0.25, -0.2) is 0 Å². The van der Waals surface area contributed by atoms with E-state index in [2.05, 4.69) is 15.0 Å². The maximum Gasteiger partial charge on any atom is 0.251 e. The number of nitrogens with one attached hydrogen (secondary N) is 1. The number of nitrogens with two attached hydrogens (primary N) is 1. The third-order valence-corrected chi connectivity index (χ3v) is 2.32. The van der Waals surface area contributed by atoms with E-state index in [4.69, 9.17) is 11.3 Å². The molecule has 1 heterocycles. The normalized spacial score (nSPS) is 11.2. The lowest BCUT2D eigenvalue weighted by atomic mass is 10.1. The van der Waals surface area contributed by atoms with Crippen LogP contribution in [0.2, 0.25) is 0 Å². The molecule has 0 spiro atoms. The minimum atomic E-state index is -0.756. The predicted octanol–water partition coefficient (Wildman–Crippen LogP) is 2.30. The maximum absolute atomic E-state index is 11.0. The maximum atomic E-state index is 11.0. The van der Waals surface area contributed by atoms with Crippen LogP contribution in [-0.4, -0.2) is 10.9 Å². The SMILES string of the molecule is [N-]=[N+]=N/C(=C\c1c[nH]c2ccccc12)C(N)=O. The number of amides is 1. The molecule has 1 aromatic carbocycles. The number of aromatic amines is 1. The van der Waals surface area contributed by atoms with Gasteiger partial charge >= 0.3 is 0 Å². The molecule has 6 heteroatoms. The summed E-state index contributed by atoms with van der Waals surface area (Å²) in [5.74, 6) is -0.756. The molecule has 0 saturated heterocycles. The van der Waals surface area contributed by atoms with Crippen molar-refractivity contribution in [2.24, 2.45) is 10.8 Å². The third-order valence-electron chi connectivity index (χ3n) is 2.32. The molecule has 0 aliphatic rings. The van der Waals surface area contributed by atoms with E-state index in [0.29, 0.717) is 0 Å². The van der Waals surface area contributed by atoms with Crippen molar-refractivity contribution in [3.63, 3.8) is 0 Å². The van der Waals surface area contributed by atoms with E-state index < -0.39 is 5.91 Å². The predicted molar refractivity (Wildman–Crippen MR) is 64.6 cm³/mol. The number of carbonyl (C=O) groups is 1. The zero-order valence-corrected chi connectivity index (χ0v) is 8.79. The number of para-hydroxylation sites is 1. The standard InChI is InChI=1S/C11H9N5O/c12-11(17)10(15-16-13)5-7-6-14-9-4-2-1-3-8(7)9/h1-6,14H,(H2,12,17)/b10-5-. The number of benzene rings is 1. The number of azide groups is 1. The van der Waals surface area contributed by atoms with Gasteiger partial charge in [-0.15, -0.1) is 0 Å². The zero-order chi connectivity index (χ0) is 12.3. The number of H-pyrrole nitrogens is 1. The van der Waals surface area contributed by atoms with Gasteiger partial charge in [0.25, 0.3) is 5.91 Å². The van der Waals surface area contributed by atoms with E-state index in [1.54, 1.807) is 6.20 Å². The van der Waals surface area contributed by atoms with Crippen LogP contribution in [0.25, 0.3) is 27.4 Å². The first kappa shape index (κ1) is 10.8. The van der Waals surface area contributed by atoms with Gasteiger partial charge in [0, 0.05) is 27.6 Å². The quantitative estimate of drug-likeness (QED) is 0.357. The van der Waals surface area contributed by atoms with E-state index in [1.165, 1.54) is 6.08 Å². The molecule has 6 nitrogen and oxygen atoms in total. The highest BCUT2D eigenvalue weighted by Gasteiger charge is 2.05. The molecule has 0 atom stereocenters. The lowest BCUT2D eigenvalue weighted by molar-refractivity contribution is -0.114. The van der Waals surface area contributed by atoms with Crippen LogP contribution >= 0.6 is 0 Å². The second-order valence-corrected chi connectivity index (χ2v) is 3.37. The van der Waals surface area contributed by atoms with Gasteiger partial charge < -0.3 is 10.7 Å². The van der Waals surface area contributed by atoms with Gasteiger partial charge in [0.15, 0.2) is 0 Å². The van der Waals surface area contributed by atoms with Crippen LogP contribution in [0.5, 0.6) is 0 Å². The average Bonchev–Trinajstić information content (AvgIpc) is 2.72. The molecule has 0 fully saturated rings. The van der Waals surface area contributed by atoms with E-state index in [1.807, 2.05) is 24.3 Å². The highest BCUT2D eigenvalue weighted by Crippen LogP contribution is 2.20. The van der Waals surface area contributed by atoms with Crippen molar-refractivity contribution >= 4 is 22.9 Å². The molecule has 84 valence electrons. The lowest BCUT2D eigenvalue weighted by Crippen LogP contribution is -2.11. The fraction of sp³-hybridized carbons (Fsp3) is 0. The van der Waals surface area contributed by atoms with Crippen molar-refractivity contribution in [1.82, 2.24) is 4.98 Å². The molecule has 2 aromatic rings. The van der Waals surface area contributed by atoms with Crippen LogP contribution in [0, 0.1) is 0 Å². The molecule has 0 saturated carbocycles. The molecule has 2 rings (SSSR count). The number of primary amides is 1. The third kappa shape index (κ3) is 2.11. The first-order chi connectivity index (χ1) is 8.22. The van der Waals surface area contributed by atoms with Crippen molar-refractivity contribution in [2.45, 2.75) is 0 Å². The number of carbonyl (C=O) groups excluding carboxylic acids is 1. The van der Waals surface area contributed by atoms with Crippen molar-refractivity contribution < 1.29 is 4.79 Å². The van der Waals surface area contributed by atoms with Crippen LogP contribution in [0.1, 0.15) is 5.56 Å². The summed E-state index contributed by atoms with van der Waals surface area (Å²) in [6, 6.07) is 7.58. The number of hydrogen-bond acceptors (Lipinski definition) is 2. The summed E-state index contributed by atoms with van der Waals surface area (Å²) in [5.41, 5.74) is 15.0. The molecular weight excluding hydrogens is 218 g/mol. The summed E-state index contributed by atoms with van der Waals surface area (Å²) < 4.78 is 0. The van der Waals surface area contributed by atoms with E-state index >= 15 is 0 Å². The minimum Gasteiger partial charge on any atom is -0.366 e. The molecule has 0 aliphatic carbocycles. The number of hydrogen-bond donors (Lipinski definition) is 2. The minimum absolute atomic E-state index is 0.114. The molecule has 0 unspecified atom stereocenters. The summed E-state index contributed by atoms with van der Waals surface area (Å²) in [7, 11) is 0. The van der Waals surface area contributed by atoms with Crippen molar-refractivity contribution in [2.75, 3.05) is 0 Å².